The lowest BCUT2D eigenvalue weighted by atomic mass is 10.1. The zero-order valence-electron chi connectivity index (χ0n) is 17.1. The third-order valence-electron chi connectivity index (χ3n) is 4.59. The maximum Gasteiger partial charge on any atom is 0.339 e. The van der Waals surface area contributed by atoms with Crippen molar-refractivity contribution in [2.45, 2.75) is 20.3 Å². The predicted molar refractivity (Wildman–Crippen MR) is 111 cm³/mol. The number of amides is 2. The van der Waals surface area contributed by atoms with E-state index in [1.54, 1.807) is 55.9 Å². The third-order valence-corrected chi connectivity index (χ3v) is 4.59. The van der Waals surface area contributed by atoms with Gasteiger partial charge in [-0.2, -0.15) is 5.10 Å². The van der Waals surface area contributed by atoms with Crippen LogP contribution >= 0.6 is 0 Å². The van der Waals surface area contributed by atoms with Crippen LogP contribution in [0, 0.1) is 13.8 Å². The molecule has 0 radical (unpaired) electrons. The van der Waals surface area contributed by atoms with Crippen LogP contribution in [0.5, 0.6) is 0 Å². The van der Waals surface area contributed by atoms with E-state index in [4.69, 9.17) is 10.5 Å². The highest BCUT2D eigenvalue weighted by atomic mass is 16.5. The summed E-state index contributed by atoms with van der Waals surface area (Å²) in [7, 11) is 1.75. The van der Waals surface area contributed by atoms with Crippen molar-refractivity contribution in [3.63, 3.8) is 0 Å². The second-order valence-electron chi connectivity index (χ2n) is 6.89. The molecule has 2 heterocycles. The Morgan fingerprint density at radius 1 is 1.17 bits per heavy atom. The quantitative estimate of drug-likeness (QED) is 0.593. The van der Waals surface area contributed by atoms with Gasteiger partial charge in [0, 0.05) is 31.4 Å². The van der Waals surface area contributed by atoms with Gasteiger partial charge >= 0.3 is 5.97 Å². The number of benzene rings is 1. The summed E-state index contributed by atoms with van der Waals surface area (Å²) in [5, 5.41) is 4.90. The van der Waals surface area contributed by atoms with Gasteiger partial charge in [-0.25, -0.2) is 9.78 Å². The first-order valence-electron chi connectivity index (χ1n) is 9.39. The van der Waals surface area contributed by atoms with Gasteiger partial charge in [-0.15, -0.1) is 0 Å². The largest absolute Gasteiger partial charge is 0.452 e. The van der Waals surface area contributed by atoms with Crippen molar-refractivity contribution in [1.82, 2.24) is 14.8 Å². The molecule has 30 heavy (non-hydrogen) atoms. The normalized spacial score (nSPS) is 10.8. The number of fused-ring (bicyclic) bond motifs is 1. The van der Waals surface area contributed by atoms with Gasteiger partial charge in [0.1, 0.15) is 0 Å². The molecule has 0 bridgehead atoms. The first-order chi connectivity index (χ1) is 14.3. The van der Waals surface area contributed by atoms with Crippen molar-refractivity contribution in [3.8, 4) is 0 Å². The molecule has 0 spiro atoms. The lowest BCUT2D eigenvalue weighted by Crippen LogP contribution is -2.37. The fourth-order valence-corrected chi connectivity index (χ4v) is 3.24. The van der Waals surface area contributed by atoms with Gasteiger partial charge < -0.3 is 15.4 Å². The molecule has 0 aliphatic carbocycles. The van der Waals surface area contributed by atoms with E-state index in [9.17, 15) is 14.4 Å². The second-order valence-corrected chi connectivity index (χ2v) is 6.89. The van der Waals surface area contributed by atoms with E-state index in [1.165, 1.54) is 4.90 Å². The van der Waals surface area contributed by atoms with Crippen molar-refractivity contribution in [3.05, 3.63) is 53.3 Å². The minimum absolute atomic E-state index is 0.00632. The predicted octanol–water partition coefficient (Wildman–Crippen LogP) is 1.65. The van der Waals surface area contributed by atoms with E-state index < -0.39 is 24.4 Å². The van der Waals surface area contributed by atoms with Crippen molar-refractivity contribution >= 4 is 34.5 Å². The molecule has 0 saturated heterocycles. The first-order valence-corrected chi connectivity index (χ1v) is 9.39. The molecule has 0 fully saturated rings. The van der Waals surface area contributed by atoms with Gasteiger partial charge in [0.15, 0.2) is 12.3 Å². The maximum absolute atomic E-state index is 12.8. The number of pyridine rings is 1. The maximum atomic E-state index is 12.8. The first kappa shape index (κ1) is 21.0. The molecule has 0 aliphatic heterocycles. The molecule has 0 atom stereocenters. The Labute approximate surface area is 173 Å². The van der Waals surface area contributed by atoms with Crippen molar-refractivity contribution < 1.29 is 19.1 Å². The third kappa shape index (κ3) is 4.45. The summed E-state index contributed by atoms with van der Waals surface area (Å²) in [5.41, 5.74) is 7.96. The monoisotopic (exact) mass is 409 g/mol. The summed E-state index contributed by atoms with van der Waals surface area (Å²) in [6.45, 7) is 3.16. The highest BCUT2D eigenvalue weighted by Crippen LogP contribution is 2.22. The Balaban J connectivity index is 1.80. The van der Waals surface area contributed by atoms with E-state index in [2.05, 4.69) is 10.1 Å². The molecule has 0 saturated carbocycles. The van der Waals surface area contributed by atoms with Crippen molar-refractivity contribution in [1.29, 1.82) is 0 Å². The minimum atomic E-state index is -0.641. The van der Waals surface area contributed by atoms with E-state index in [0.29, 0.717) is 33.7 Å². The van der Waals surface area contributed by atoms with Crippen molar-refractivity contribution in [2.24, 2.45) is 12.8 Å². The van der Waals surface area contributed by atoms with Gasteiger partial charge in [-0.05, 0) is 32.0 Å². The van der Waals surface area contributed by atoms with Crippen LogP contribution in [0.2, 0.25) is 0 Å². The number of hydrogen-bond acceptors (Lipinski definition) is 6. The van der Waals surface area contributed by atoms with Crippen LogP contribution in [0.3, 0.4) is 0 Å². The lowest BCUT2D eigenvalue weighted by Gasteiger charge is -2.22. The topological polar surface area (TPSA) is 120 Å². The highest BCUT2D eigenvalue weighted by molar-refractivity contribution is 6.05. The number of carbonyl (C=O) groups is 3. The summed E-state index contributed by atoms with van der Waals surface area (Å²) in [4.78, 5) is 42.5. The summed E-state index contributed by atoms with van der Waals surface area (Å²) in [6, 6.07) is 10.4. The van der Waals surface area contributed by atoms with E-state index in [0.717, 1.165) is 0 Å². The number of aromatic nitrogens is 3. The lowest BCUT2D eigenvalue weighted by molar-refractivity contribution is -0.121. The van der Waals surface area contributed by atoms with Gasteiger partial charge in [0.2, 0.25) is 5.91 Å². The number of ether oxygens (including phenoxy) is 1. The molecule has 3 rings (SSSR count). The van der Waals surface area contributed by atoms with Crippen LogP contribution in [0.1, 0.15) is 28.2 Å². The highest BCUT2D eigenvalue weighted by Gasteiger charge is 2.22. The molecule has 9 nitrogen and oxygen atoms in total. The fourth-order valence-electron chi connectivity index (χ4n) is 3.24. The molecule has 3 aromatic rings. The zero-order chi connectivity index (χ0) is 21.8. The number of primary amides is 1. The minimum Gasteiger partial charge on any atom is -0.452 e. The molecule has 2 aromatic heterocycles. The molecule has 156 valence electrons. The molecule has 1 aromatic carbocycles. The number of esters is 1. The molecule has 0 aliphatic rings. The van der Waals surface area contributed by atoms with Gasteiger partial charge in [-0.3, -0.25) is 14.3 Å². The average molecular weight is 409 g/mol. The number of rotatable bonds is 7. The smallest absolute Gasteiger partial charge is 0.339 e. The van der Waals surface area contributed by atoms with Crippen LogP contribution in [-0.4, -0.2) is 45.7 Å². The summed E-state index contributed by atoms with van der Waals surface area (Å²) >= 11 is 0. The fraction of sp³-hybridized carbons (Fsp3) is 0.286. The standard InChI is InChI=1S/C21H23N5O4/c1-13-11-16(19-14(2)24-25(3)20(19)23-13)21(29)30-12-18(28)26(10-9-17(22)27)15-7-5-4-6-8-15/h4-8,11H,9-10,12H2,1-3H3,(H2,22,27). The average Bonchev–Trinajstić information content (AvgIpc) is 2.99. The van der Waals surface area contributed by atoms with Gasteiger partial charge in [0.25, 0.3) is 5.91 Å². The molecular weight excluding hydrogens is 386 g/mol. The van der Waals surface area contributed by atoms with Gasteiger partial charge in [-0.1, -0.05) is 18.2 Å². The van der Waals surface area contributed by atoms with E-state index in [-0.39, 0.29) is 13.0 Å². The van der Waals surface area contributed by atoms with E-state index in [1.807, 2.05) is 6.07 Å². The Kier molecular flexibility index (Phi) is 6.10. The number of anilines is 1. The number of nitrogens with zero attached hydrogens (tertiary/aromatic N) is 4. The molecule has 0 unspecified atom stereocenters. The van der Waals surface area contributed by atoms with Gasteiger partial charge in [0.05, 0.1) is 16.6 Å². The van der Waals surface area contributed by atoms with Crippen LogP contribution in [-0.2, 0) is 21.4 Å². The SMILES string of the molecule is Cc1cc(C(=O)OCC(=O)N(CCC(N)=O)c2ccccc2)c2c(C)nn(C)c2n1. The van der Waals surface area contributed by atoms with Crippen molar-refractivity contribution in [2.75, 3.05) is 18.1 Å². The van der Waals surface area contributed by atoms with Crippen LogP contribution in [0.25, 0.3) is 11.0 Å². The second kappa shape index (κ2) is 8.73. The Bertz CT molecular complexity index is 1110. The summed E-state index contributed by atoms with van der Waals surface area (Å²) in [5.74, 6) is -1.62. The van der Waals surface area contributed by atoms with E-state index >= 15 is 0 Å². The Morgan fingerprint density at radius 2 is 1.87 bits per heavy atom. The Morgan fingerprint density at radius 3 is 2.53 bits per heavy atom. The van der Waals surface area contributed by atoms with Crippen LogP contribution in [0.15, 0.2) is 36.4 Å². The number of aryl methyl sites for hydroxylation is 3. The molecule has 9 heteroatoms. The summed E-state index contributed by atoms with van der Waals surface area (Å²) in [6.07, 6.45) is -0.00632. The molecule has 2 amide bonds. The van der Waals surface area contributed by atoms with Crippen LogP contribution in [0.4, 0.5) is 5.69 Å². The van der Waals surface area contributed by atoms with Crippen LogP contribution < -0.4 is 10.6 Å². The number of para-hydroxylation sites is 1. The number of hydrogen-bond donors (Lipinski definition) is 1. The number of carbonyl (C=O) groups excluding carboxylic acids is 3. The number of nitrogens with two attached hydrogens (primary N) is 1. The summed E-state index contributed by atoms with van der Waals surface area (Å²) < 4.78 is 6.91. The zero-order valence-corrected chi connectivity index (χ0v) is 17.1. The Hall–Kier alpha value is -3.75. The molecular formula is C21H23N5O4. The molecule has 2 N–H and O–H groups in total.